The van der Waals surface area contributed by atoms with Crippen LogP contribution in [0.4, 0.5) is 0 Å². The number of halogens is 2. The third-order valence-corrected chi connectivity index (χ3v) is 4.78. The first-order chi connectivity index (χ1) is 13.7. The minimum absolute atomic E-state index is 0.0565. The van der Waals surface area contributed by atoms with Gasteiger partial charge in [-0.2, -0.15) is 5.10 Å². The maximum absolute atomic E-state index is 12.6. The second-order valence-corrected chi connectivity index (χ2v) is 7.30. The molecule has 0 N–H and O–H groups in total. The molecule has 2 heterocycles. The molecule has 2 aromatic heterocycles. The van der Waals surface area contributed by atoms with Crippen LogP contribution in [0.15, 0.2) is 41.2 Å². The smallest absolute Gasteiger partial charge is 0.359 e. The molecular weight excluding hydrogens is 417 g/mol. The van der Waals surface area contributed by atoms with E-state index in [4.69, 9.17) is 27.9 Å². The molecule has 0 bridgehead atoms. The van der Waals surface area contributed by atoms with E-state index in [1.165, 1.54) is 19.2 Å². The molecule has 150 valence electrons. The number of hydrogen-bond acceptors (Lipinski definition) is 5. The Bertz CT molecular complexity index is 1160. The van der Waals surface area contributed by atoms with E-state index in [0.717, 1.165) is 16.1 Å². The van der Waals surface area contributed by atoms with Gasteiger partial charge in [-0.25, -0.2) is 9.48 Å². The Hall–Kier alpha value is -2.90. The van der Waals surface area contributed by atoms with E-state index < -0.39 is 12.6 Å². The van der Waals surface area contributed by atoms with Crippen molar-refractivity contribution in [1.82, 2.24) is 14.3 Å². The first-order valence-electron chi connectivity index (χ1n) is 8.57. The fourth-order valence-electron chi connectivity index (χ4n) is 3.00. The number of rotatable bonds is 5. The van der Waals surface area contributed by atoms with Crippen LogP contribution in [0.25, 0.3) is 5.69 Å². The number of carbonyl (C=O) groups is 2. The lowest BCUT2D eigenvalue weighted by molar-refractivity contribution is 0.0466. The molecule has 0 radical (unpaired) electrons. The van der Waals surface area contributed by atoms with Crippen LogP contribution >= 0.6 is 23.2 Å². The number of Topliss-reactive ketones (excluding diaryl/α,β-unsaturated/α-hetero) is 1. The van der Waals surface area contributed by atoms with Gasteiger partial charge >= 0.3 is 5.97 Å². The molecular formula is C20H17Cl2N3O4. The van der Waals surface area contributed by atoms with Crippen LogP contribution in [0.2, 0.25) is 10.0 Å². The SMILES string of the molecule is Cc1cc(C(=O)COC(=O)c2ccc(=O)n(C)n2)c(C)n1-c1cc(Cl)cc(Cl)c1. The number of carbonyl (C=O) groups excluding carboxylic acids is 2. The first-order valence-corrected chi connectivity index (χ1v) is 9.33. The van der Waals surface area contributed by atoms with Crippen LogP contribution in [0, 0.1) is 13.8 Å². The molecule has 0 aliphatic rings. The second kappa shape index (κ2) is 8.23. The first kappa shape index (κ1) is 20.8. The fourth-order valence-corrected chi connectivity index (χ4v) is 3.52. The van der Waals surface area contributed by atoms with Crippen molar-refractivity contribution in [1.29, 1.82) is 0 Å². The highest BCUT2D eigenvalue weighted by Crippen LogP contribution is 2.26. The fraction of sp³-hybridized carbons (Fsp3) is 0.200. The van der Waals surface area contributed by atoms with E-state index in [1.807, 2.05) is 11.5 Å². The molecule has 0 aliphatic carbocycles. The molecule has 3 rings (SSSR count). The van der Waals surface area contributed by atoms with Gasteiger partial charge in [0.15, 0.2) is 12.3 Å². The van der Waals surface area contributed by atoms with Crippen LogP contribution < -0.4 is 5.56 Å². The summed E-state index contributed by atoms with van der Waals surface area (Å²) in [4.78, 5) is 36.1. The third kappa shape index (κ3) is 4.41. The lowest BCUT2D eigenvalue weighted by Gasteiger charge is -2.11. The zero-order chi connectivity index (χ0) is 21.3. The van der Waals surface area contributed by atoms with Gasteiger partial charge in [-0.05, 0) is 44.2 Å². The van der Waals surface area contributed by atoms with Gasteiger partial charge in [0, 0.05) is 45.8 Å². The van der Waals surface area contributed by atoms with E-state index in [1.54, 1.807) is 31.2 Å². The summed E-state index contributed by atoms with van der Waals surface area (Å²) in [5, 5.41) is 4.76. The monoisotopic (exact) mass is 433 g/mol. The Morgan fingerprint density at radius 3 is 2.34 bits per heavy atom. The maximum Gasteiger partial charge on any atom is 0.359 e. The van der Waals surface area contributed by atoms with E-state index >= 15 is 0 Å². The molecule has 29 heavy (non-hydrogen) atoms. The van der Waals surface area contributed by atoms with Crippen LogP contribution in [0.5, 0.6) is 0 Å². The lowest BCUT2D eigenvalue weighted by atomic mass is 10.1. The summed E-state index contributed by atoms with van der Waals surface area (Å²) in [7, 11) is 1.42. The summed E-state index contributed by atoms with van der Waals surface area (Å²) in [6.07, 6.45) is 0. The quantitative estimate of drug-likeness (QED) is 0.453. The molecule has 1 aromatic carbocycles. The normalized spacial score (nSPS) is 10.8. The number of aryl methyl sites for hydroxylation is 2. The molecule has 3 aromatic rings. The van der Waals surface area contributed by atoms with Gasteiger partial charge in [0.05, 0.1) is 0 Å². The van der Waals surface area contributed by atoms with Crippen molar-refractivity contribution >= 4 is 35.0 Å². The molecule has 0 fully saturated rings. The molecule has 0 aliphatic heterocycles. The van der Waals surface area contributed by atoms with Crippen LogP contribution in [0.3, 0.4) is 0 Å². The number of hydrogen-bond donors (Lipinski definition) is 0. The maximum atomic E-state index is 12.6. The van der Waals surface area contributed by atoms with Crippen molar-refractivity contribution in [3.63, 3.8) is 0 Å². The lowest BCUT2D eigenvalue weighted by Crippen LogP contribution is -2.23. The topological polar surface area (TPSA) is 83.2 Å². The predicted molar refractivity (Wildman–Crippen MR) is 109 cm³/mol. The summed E-state index contributed by atoms with van der Waals surface area (Å²) >= 11 is 12.2. The van der Waals surface area contributed by atoms with Crippen molar-refractivity contribution in [2.24, 2.45) is 7.05 Å². The molecule has 9 heteroatoms. The Kier molecular flexibility index (Phi) is 5.91. The highest BCUT2D eigenvalue weighted by molar-refractivity contribution is 6.34. The predicted octanol–water partition coefficient (Wildman–Crippen LogP) is 3.53. The van der Waals surface area contributed by atoms with Gasteiger partial charge in [0.1, 0.15) is 0 Å². The number of esters is 1. The van der Waals surface area contributed by atoms with Gasteiger partial charge in [-0.1, -0.05) is 23.2 Å². The van der Waals surface area contributed by atoms with Gasteiger partial charge in [-0.3, -0.25) is 9.59 Å². The van der Waals surface area contributed by atoms with Crippen LogP contribution in [0.1, 0.15) is 32.2 Å². The zero-order valence-corrected chi connectivity index (χ0v) is 17.4. The summed E-state index contributed by atoms with van der Waals surface area (Å²) in [5.41, 5.74) is 2.20. The highest BCUT2D eigenvalue weighted by atomic mass is 35.5. The van der Waals surface area contributed by atoms with E-state index in [2.05, 4.69) is 5.10 Å². The molecule has 0 atom stereocenters. The Morgan fingerprint density at radius 2 is 1.72 bits per heavy atom. The van der Waals surface area contributed by atoms with Gasteiger partial charge in [-0.15, -0.1) is 0 Å². The summed E-state index contributed by atoms with van der Waals surface area (Å²) in [5.74, 6) is -1.15. The molecule has 0 spiro atoms. The minimum atomic E-state index is -0.788. The van der Waals surface area contributed by atoms with Crippen molar-refractivity contribution in [2.45, 2.75) is 13.8 Å². The largest absolute Gasteiger partial charge is 0.453 e. The molecule has 0 saturated heterocycles. The zero-order valence-electron chi connectivity index (χ0n) is 15.9. The van der Waals surface area contributed by atoms with Gasteiger partial charge < -0.3 is 9.30 Å². The van der Waals surface area contributed by atoms with Gasteiger partial charge in [0.2, 0.25) is 5.78 Å². The van der Waals surface area contributed by atoms with E-state index in [-0.39, 0.29) is 17.0 Å². The number of nitrogens with zero attached hydrogens (tertiary/aromatic N) is 3. The Morgan fingerprint density at radius 1 is 1.07 bits per heavy atom. The average molecular weight is 434 g/mol. The van der Waals surface area contributed by atoms with Crippen LogP contribution in [-0.4, -0.2) is 32.7 Å². The second-order valence-electron chi connectivity index (χ2n) is 6.43. The van der Waals surface area contributed by atoms with E-state index in [9.17, 15) is 14.4 Å². The molecule has 0 saturated carbocycles. The number of ketones is 1. The standard InChI is InChI=1S/C20H17Cl2N3O4/c1-11-6-16(12(2)25(11)15-8-13(21)7-14(22)9-15)18(26)10-29-20(28)17-4-5-19(27)24(3)23-17/h4-9H,10H2,1-3H3. The van der Waals surface area contributed by atoms with Gasteiger partial charge in [0.25, 0.3) is 5.56 Å². The third-order valence-electron chi connectivity index (χ3n) is 4.34. The van der Waals surface area contributed by atoms with Crippen molar-refractivity contribution in [2.75, 3.05) is 6.61 Å². The average Bonchev–Trinajstić information content (AvgIpc) is 2.95. The van der Waals surface area contributed by atoms with Crippen molar-refractivity contribution in [3.8, 4) is 5.69 Å². The number of aromatic nitrogens is 3. The van der Waals surface area contributed by atoms with Crippen molar-refractivity contribution < 1.29 is 14.3 Å². The number of benzene rings is 1. The highest BCUT2D eigenvalue weighted by Gasteiger charge is 2.19. The van der Waals surface area contributed by atoms with E-state index in [0.29, 0.717) is 21.3 Å². The summed E-state index contributed by atoms with van der Waals surface area (Å²) < 4.78 is 7.93. The molecule has 0 amide bonds. The van der Waals surface area contributed by atoms with Crippen LogP contribution in [-0.2, 0) is 11.8 Å². The summed E-state index contributed by atoms with van der Waals surface area (Å²) in [6, 6.07) is 9.28. The summed E-state index contributed by atoms with van der Waals surface area (Å²) in [6.45, 7) is 3.17. The Labute approximate surface area is 176 Å². The minimum Gasteiger partial charge on any atom is -0.453 e. The molecule has 7 nitrogen and oxygen atoms in total. The molecule has 0 unspecified atom stereocenters. The van der Waals surface area contributed by atoms with Crippen molar-refractivity contribution in [3.05, 3.63) is 79.4 Å². The Balaban J connectivity index is 1.80. The number of ether oxygens (including phenoxy) is 1.